The number of benzene rings is 2. The van der Waals surface area contributed by atoms with Crippen molar-refractivity contribution < 1.29 is 14.4 Å². The van der Waals surface area contributed by atoms with E-state index in [1.807, 2.05) is 72.2 Å². The molecule has 2 N–H and O–H groups in total. The molecule has 7 nitrogen and oxygen atoms in total. The predicted molar refractivity (Wildman–Crippen MR) is 118 cm³/mol. The van der Waals surface area contributed by atoms with Crippen LogP contribution in [0.5, 0.6) is 0 Å². The average Bonchev–Trinajstić information content (AvgIpc) is 3.15. The lowest BCUT2D eigenvalue weighted by molar-refractivity contribution is -0.134. The molecular weight excluding hydrogens is 392 g/mol. The van der Waals surface area contributed by atoms with Gasteiger partial charge in [0.2, 0.25) is 11.8 Å². The highest BCUT2D eigenvalue weighted by atomic mass is 16.2. The van der Waals surface area contributed by atoms with Crippen LogP contribution in [-0.4, -0.2) is 45.8 Å². The van der Waals surface area contributed by atoms with Crippen LogP contribution >= 0.6 is 0 Å². The summed E-state index contributed by atoms with van der Waals surface area (Å²) in [7, 11) is 0. The van der Waals surface area contributed by atoms with E-state index in [4.69, 9.17) is 0 Å². The first-order valence-electron chi connectivity index (χ1n) is 10.4. The zero-order valence-corrected chi connectivity index (χ0v) is 17.7. The van der Waals surface area contributed by atoms with Crippen molar-refractivity contribution in [2.45, 2.75) is 32.5 Å². The second-order valence-corrected chi connectivity index (χ2v) is 7.94. The Labute approximate surface area is 181 Å². The predicted octanol–water partition coefficient (Wildman–Crippen LogP) is 2.31. The van der Waals surface area contributed by atoms with E-state index in [0.717, 1.165) is 16.5 Å². The molecule has 4 rings (SSSR count). The number of carbonyl (C=O) groups is 3. The molecule has 3 amide bonds. The van der Waals surface area contributed by atoms with Gasteiger partial charge in [0.05, 0.1) is 13.1 Å². The molecule has 2 heterocycles. The molecule has 31 heavy (non-hydrogen) atoms. The smallest absolute Gasteiger partial charge is 0.271 e. The Kier molecular flexibility index (Phi) is 5.50. The molecule has 0 fully saturated rings. The van der Waals surface area contributed by atoms with E-state index in [-0.39, 0.29) is 24.3 Å². The van der Waals surface area contributed by atoms with Crippen LogP contribution in [0.3, 0.4) is 0 Å². The number of hydrogen-bond acceptors (Lipinski definition) is 3. The lowest BCUT2D eigenvalue weighted by Gasteiger charge is -2.43. The third-order valence-electron chi connectivity index (χ3n) is 5.88. The van der Waals surface area contributed by atoms with Crippen LogP contribution in [0, 0.1) is 0 Å². The first kappa shape index (κ1) is 20.7. The lowest BCUT2D eigenvalue weighted by atomic mass is 9.95. The van der Waals surface area contributed by atoms with Crippen LogP contribution in [0.1, 0.15) is 29.9 Å². The number of nitrogens with zero attached hydrogens (tertiary/aromatic N) is 2. The fourth-order valence-corrected chi connectivity index (χ4v) is 4.21. The molecule has 160 valence electrons. The van der Waals surface area contributed by atoms with Gasteiger partial charge in [0, 0.05) is 24.0 Å². The normalized spacial score (nSPS) is 18.0. The molecule has 0 radical (unpaired) electrons. The Hall–Kier alpha value is -3.61. The van der Waals surface area contributed by atoms with Gasteiger partial charge in [-0.25, -0.2) is 0 Å². The van der Waals surface area contributed by atoms with Gasteiger partial charge in [-0.2, -0.15) is 0 Å². The maximum Gasteiger partial charge on any atom is 0.271 e. The second-order valence-electron chi connectivity index (χ2n) is 7.94. The zero-order valence-electron chi connectivity index (χ0n) is 17.7. The van der Waals surface area contributed by atoms with E-state index < -0.39 is 5.54 Å². The van der Waals surface area contributed by atoms with Crippen LogP contribution in [0.4, 0.5) is 0 Å². The van der Waals surface area contributed by atoms with Crippen LogP contribution < -0.4 is 10.6 Å². The molecule has 1 aliphatic rings. The van der Waals surface area contributed by atoms with Crippen molar-refractivity contribution in [2.24, 2.45) is 0 Å². The summed E-state index contributed by atoms with van der Waals surface area (Å²) in [6, 6.07) is 19.2. The number of rotatable bonds is 6. The molecule has 0 bridgehead atoms. The Balaban J connectivity index is 1.48. The van der Waals surface area contributed by atoms with E-state index in [2.05, 4.69) is 10.6 Å². The number of likely N-dealkylation sites (N-methyl/N-ethyl adjacent to an activating group) is 1. The third kappa shape index (κ3) is 3.79. The molecule has 1 unspecified atom stereocenters. The highest BCUT2D eigenvalue weighted by Gasteiger charge is 2.46. The monoisotopic (exact) mass is 418 g/mol. The van der Waals surface area contributed by atoms with Crippen LogP contribution in [-0.2, 0) is 22.7 Å². The van der Waals surface area contributed by atoms with Gasteiger partial charge in [0.1, 0.15) is 11.2 Å². The number of nitrogens with one attached hydrogen (secondary N) is 2. The molecular formula is C24H26N4O3. The number of hydrogen-bond donors (Lipinski definition) is 2. The highest BCUT2D eigenvalue weighted by Crippen LogP contribution is 2.32. The van der Waals surface area contributed by atoms with E-state index in [0.29, 0.717) is 25.3 Å². The molecule has 0 aliphatic carbocycles. The summed E-state index contributed by atoms with van der Waals surface area (Å²) in [4.78, 5) is 40.2. The minimum Gasteiger partial charge on any atom is -0.350 e. The van der Waals surface area contributed by atoms with Gasteiger partial charge in [-0.1, -0.05) is 48.5 Å². The molecule has 3 aromatic rings. The summed E-state index contributed by atoms with van der Waals surface area (Å²) in [6.07, 6.45) is 0. The lowest BCUT2D eigenvalue weighted by Crippen LogP contribution is -2.64. The largest absolute Gasteiger partial charge is 0.350 e. The van der Waals surface area contributed by atoms with Gasteiger partial charge >= 0.3 is 0 Å². The summed E-state index contributed by atoms with van der Waals surface area (Å²) in [5, 5.41) is 6.49. The summed E-state index contributed by atoms with van der Waals surface area (Å²) >= 11 is 0. The minimum absolute atomic E-state index is 0.147. The van der Waals surface area contributed by atoms with E-state index >= 15 is 0 Å². The molecule has 0 saturated heterocycles. The van der Waals surface area contributed by atoms with Gasteiger partial charge in [0.15, 0.2) is 0 Å². The summed E-state index contributed by atoms with van der Waals surface area (Å²) < 4.78 is 1.90. The standard InChI is InChI=1S/C24H26N4O3/c1-3-28-22(30)20-13-18-11-7-8-12-19(18)27(20)16-24(28,2)23(31)26-15-21(29)25-14-17-9-5-4-6-10-17/h4-13H,3,14-16H2,1-2H3,(H,25,29)(H,26,31). The van der Waals surface area contributed by atoms with Gasteiger partial charge in [-0.3, -0.25) is 14.4 Å². The van der Waals surface area contributed by atoms with Crippen molar-refractivity contribution in [3.63, 3.8) is 0 Å². The first-order chi connectivity index (χ1) is 14.9. The molecule has 0 saturated carbocycles. The maximum absolute atomic E-state index is 13.2. The van der Waals surface area contributed by atoms with Crippen molar-refractivity contribution in [2.75, 3.05) is 13.1 Å². The summed E-state index contributed by atoms with van der Waals surface area (Å²) in [5.74, 6) is -0.810. The van der Waals surface area contributed by atoms with Gasteiger partial charge in [0.25, 0.3) is 5.91 Å². The van der Waals surface area contributed by atoms with Crippen molar-refractivity contribution in [1.82, 2.24) is 20.1 Å². The SMILES string of the molecule is CCN1C(=O)c2cc3ccccc3n2CC1(C)C(=O)NCC(=O)NCc1ccccc1. The van der Waals surface area contributed by atoms with E-state index in [9.17, 15) is 14.4 Å². The number of carbonyl (C=O) groups excluding carboxylic acids is 3. The van der Waals surface area contributed by atoms with Crippen molar-refractivity contribution in [3.05, 3.63) is 71.9 Å². The molecule has 1 aromatic heterocycles. The molecule has 7 heteroatoms. The average molecular weight is 418 g/mol. The number of para-hydroxylation sites is 1. The fraction of sp³-hybridized carbons (Fsp3) is 0.292. The van der Waals surface area contributed by atoms with Gasteiger partial charge in [-0.15, -0.1) is 0 Å². The fourth-order valence-electron chi connectivity index (χ4n) is 4.21. The van der Waals surface area contributed by atoms with Crippen LogP contribution in [0.15, 0.2) is 60.7 Å². The molecule has 1 aliphatic heterocycles. The summed E-state index contributed by atoms with van der Waals surface area (Å²) in [5.41, 5.74) is 1.38. The van der Waals surface area contributed by atoms with Crippen molar-refractivity contribution >= 4 is 28.6 Å². The minimum atomic E-state index is -1.10. The first-order valence-corrected chi connectivity index (χ1v) is 10.4. The van der Waals surface area contributed by atoms with E-state index in [1.165, 1.54) is 0 Å². The second kappa shape index (κ2) is 8.26. The maximum atomic E-state index is 13.2. The third-order valence-corrected chi connectivity index (χ3v) is 5.88. The van der Waals surface area contributed by atoms with Crippen molar-refractivity contribution in [1.29, 1.82) is 0 Å². The Morgan fingerprint density at radius 3 is 2.48 bits per heavy atom. The van der Waals surface area contributed by atoms with Crippen LogP contribution in [0.2, 0.25) is 0 Å². The Bertz CT molecular complexity index is 1140. The Morgan fingerprint density at radius 2 is 1.74 bits per heavy atom. The Morgan fingerprint density at radius 1 is 1.03 bits per heavy atom. The molecule has 2 aromatic carbocycles. The molecule has 0 spiro atoms. The quantitative estimate of drug-likeness (QED) is 0.644. The number of aromatic nitrogens is 1. The number of amides is 3. The number of fused-ring (bicyclic) bond motifs is 3. The van der Waals surface area contributed by atoms with Crippen LogP contribution in [0.25, 0.3) is 10.9 Å². The zero-order chi connectivity index (χ0) is 22.0. The van der Waals surface area contributed by atoms with Gasteiger partial charge < -0.3 is 20.1 Å². The topological polar surface area (TPSA) is 83.4 Å². The highest BCUT2D eigenvalue weighted by molar-refractivity contribution is 6.04. The van der Waals surface area contributed by atoms with E-state index in [1.54, 1.807) is 11.8 Å². The summed E-state index contributed by atoms with van der Waals surface area (Å²) in [6.45, 7) is 4.58. The molecule has 1 atom stereocenters. The van der Waals surface area contributed by atoms with Crippen molar-refractivity contribution in [3.8, 4) is 0 Å². The van der Waals surface area contributed by atoms with Gasteiger partial charge in [-0.05, 0) is 31.5 Å².